The molecule has 0 unspecified atom stereocenters. The third-order valence-corrected chi connectivity index (χ3v) is 3.85. The third kappa shape index (κ3) is 3.24. The molecule has 21 heavy (non-hydrogen) atoms. The topological polar surface area (TPSA) is 50.2 Å². The molecular formula is C16H20N4O. The molecule has 0 spiro atoms. The van der Waals surface area contributed by atoms with E-state index in [-0.39, 0.29) is 12.1 Å². The Kier molecular flexibility index (Phi) is 3.64. The summed E-state index contributed by atoms with van der Waals surface area (Å²) in [5.74, 6) is 0.460. The summed E-state index contributed by atoms with van der Waals surface area (Å²) in [6.07, 6.45) is 4.73. The average molecular weight is 284 g/mol. The summed E-state index contributed by atoms with van der Waals surface area (Å²) >= 11 is 0. The lowest BCUT2D eigenvalue weighted by Crippen LogP contribution is -2.38. The van der Waals surface area contributed by atoms with E-state index in [2.05, 4.69) is 22.5 Å². The maximum Gasteiger partial charge on any atom is 0.317 e. The Labute approximate surface area is 124 Å². The first kappa shape index (κ1) is 13.7. The van der Waals surface area contributed by atoms with Crippen LogP contribution in [0.15, 0.2) is 42.7 Å². The van der Waals surface area contributed by atoms with E-state index in [0.717, 1.165) is 12.0 Å². The number of aromatic nitrogens is 2. The van der Waals surface area contributed by atoms with Crippen molar-refractivity contribution in [2.75, 3.05) is 7.05 Å². The Bertz CT molecular complexity index is 622. The molecule has 1 aromatic heterocycles. The summed E-state index contributed by atoms with van der Waals surface area (Å²) in [6.45, 7) is 0.572. The normalized spacial score (nSPS) is 20.1. The summed E-state index contributed by atoms with van der Waals surface area (Å²) in [5.41, 5.74) is 2.34. The minimum atomic E-state index is -0.0257. The van der Waals surface area contributed by atoms with Crippen LogP contribution in [0.4, 0.5) is 4.79 Å². The van der Waals surface area contributed by atoms with Crippen LogP contribution in [0.2, 0.25) is 0 Å². The zero-order chi connectivity index (χ0) is 14.8. The van der Waals surface area contributed by atoms with E-state index >= 15 is 0 Å². The monoisotopic (exact) mass is 284 g/mol. The van der Waals surface area contributed by atoms with Crippen molar-refractivity contribution in [2.45, 2.75) is 24.9 Å². The predicted octanol–water partition coefficient (Wildman–Crippen LogP) is 2.12. The Morgan fingerprint density at radius 2 is 2.19 bits per heavy atom. The van der Waals surface area contributed by atoms with E-state index in [4.69, 9.17) is 0 Å². The van der Waals surface area contributed by atoms with Gasteiger partial charge in [0.2, 0.25) is 0 Å². The van der Waals surface area contributed by atoms with Crippen molar-refractivity contribution in [3.63, 3.8) is 0 Å². The lowest BCUT2D eigenvalue weighted by Gasteiger charge is -2.17. The Balaban J connectivity index is 1.51. The molecule has 1 N–H and O–H groups in total. The molecule has 5 nitrogen and oxygen atoms in total. The zero-order valence-electron chi connectivity index (χ0n) is 12.4. The van der Waals surface area contributed by atoms with Crippen molar-refractivity contribution in [3.8, 4) is 0 Å². The van der Waals surface area contributed by atoms with Crippen LogP contribution in [0.3, 0.4) is 0 Å². The first-order valence-corrected chi connectivity index (χ1v) is 7.17. The predicted molar refractivity (Wildman–Crippen MR) is 80.8 cm³/mol. The number of hydrogen-bond acceptors (Lipinski definition) is 2. The van der Waals surface area contributed by atoms with Gasteiger partial charge in [0.1, 0.15) is 0 Å². The van der Waals surface area contributed by atoms with Crippen LogP contribution in [0.25, 0.3) is 0 Å². The number of nitrogens with zero attached hydrogens (tertiary/aromatic N) is 3. The molecule has 3 rings (SSSR count). The second-order valence-corrected chi connectivity index (χ2v) is 5.69. The lowest BCUT2D eigenvalue weighted by molar-refractivity contribution is 0.206. The van der Waals surface area contributed by atoms with Crippen LogP contribution < -0.4 is 5.32 Å². The van der Waals surface area contributed by atoms with Crippen molar-refractivity contribution >= 4 is 6.03 Å². The second kappa shape index (κ2) is 5.60. The molecule has 2 aromatic rings. The van der Waals surface area contributed by atoms with E-state index in [9.17, 15) is 4.79 Å². The van der Waals surface area contributed by atoms with E-state index in [0.29, 0.717) is 12.5 Å². The Morgan fingerprint density at radius 3 is 2.86 bits per heavy atom. The first-order chi connectivity index (χ1) is 10.1. The van der Waals surface area contributed by atoms with Crippen molar-refractivity contribution in [1.29, 1.82) is 0 Å². The van der Waals surface area contributed by atoms with Gasteiger partial charge in [0, 0.05) is 37.8 Å². The molecule has 2 atom stereocenters. The van der Waals surface area contributed by atoms with E-state index in [1.807, 2.05) is 38.5 Å². The van der Waals surface area contributed by atoms with E-state index < -0.39 is 0 Å². The van der Waals surface area contributed by atoms with Gasteiger partial charge in [-0.3, -0.25) is 4.68 Å². The van der Waals surface area contributed by atoms with Gasteiger partial charge >= 0.3 is 6.03 Å². The van der Waals surface area contributed by atoms with Gasteiger partial charge < -0.3 is 10.2 Å². The SMILES string of the molecule is CN(Cc1cnn(C)c1)C(=O)N[C@@H]1C[C@H]1c1ccccc1. The maximum atomic E-state index is 12.2. The minimum Gasteiger partial charge on any atom is -0.335 e. The highest BCUT2D eigenvalue weighted by Crippen LogP contribution is 2.40. The molecule has 0 aliphatic heterocycles. The van der Waals surface area contributed by atoms with E-state index in [1.54, 1.807) is 15.8 Å². The standard InChI is InChI=1S/C16H20N4O/c1-19(10-12-9-17-20(2)11-12)16(21)18-15-8-14(15)13-6-4-3-5-7-13/h3-7,9,11,14-15H,8,10H2,1-2H3,(H,18,21)/t14-,15+/m0/s1. The van der Waals surface area contributed by atoms with Crippen LogP contribution >= 0.6 is 0 Å². The maximum absolute atomic E-state index is 12.2. The Morgan fingerprint density at radius 1 is 1.43 bits per heavy atom. The molecule has 1 saturated carbocycles. The van der Waals surface area contributed by atoms with Crippen LogP contribution in [0.1, 0.15) is 23.5 Å². The van der Waals surface area contributed by atoms with Crippen LogP contribution in [-0.2, 0) is 13.6 Å². The molecule has 110 valence electrons. The number of hydrogen-bond donors (Lipinski definition) is 1. The minimum absolute atomic E-state index is 0.0257. The highest BCUT2D eigenvalue weighted by atomic mass is 16.2. The number of aryl methyl sites for hydroxylation is 1. The van der Waals surface area contributed by atoms with Gasteiger partial charge in [-0.05, 0) is 12.0 Å². The summed E-state index contributed by atoms with van der Waals surface area (Å²) in [5, 5.41) is 7.20. The van der Waals surface area contributed by atoms with Crippen molar-refractivity contribution in [3.05, 3.63) is 53.9 Å². The summed E-state index contributed by atoms with van der Waals surface area (Å²) < 4.78 is 1.74. The molecule has 1 aliphatic rings. The first-order valence-electron chi connectivity index (χ1n) is 7.17. The molecule has 1 aromatic carbocycles. The van der Waals surface area contributed by atoms with E-state index in [1.165, 1.54) is 5.56 Å². The van der Waals surface area contributed by atoms with Gasteiger partial charge in [-0.2, -0.15) is 5.10 Å². The van der Waals surface area contributed by atoms with Crippen molar-refractivity contribution in [1.82, 2.24) is 20.0 Å². The van der Waals surface area contributed by atoms with Crippen LogP contribution in [-0.4, -0.2) is 33.8 Å². The highest BCUT2D eigenvalue weighted by Gasteiger charge is 2.39. The largest absolute Gasteiger partial charge is 0.335 e. The molecule has 0 saturated heterocycles. The zero-order valence-corrected chi connectivity index (χ0v) is 12.4. The molecule has 5 heteroatoms. The number of carbonyl (C=O) groups is 1. The van der Waals surface area contributed by atoms with Crippen LogP contribution in [0.5, 0.6) is 0 Å². The number of amides is 2. The number of rotatable bonds is 4. The molecule has 1 heterocycles. The average Bonchev–Trinajstić information content (AvgIpc) is 3.13. The van der Waals surface area contributed by atoms with Gasteiger partial charge in [0.25, 0.3) is 0 Å². The Hall–Kier alpha value is -2.30. The molecule has 1 fully saturated rings. The summed E-state index contributed by atoms with van der Waals surface area (Å²) in [7, 11) is 3.68. The molecule has 2 amide bonds. The summed E-state index contributed by atoms with van der Waals surface area (Å²) in [6, 6.07) is 10.6. The fourth-order valence-electron chi connectivity index (χ4n) is 2.59. The third-order valence-electron chi connectivity index (χ3n) is 3.85. The molecule has 0 radical (unpaired) electrons. The van der Waals surface area contributed by atoms with Gasteiger partial charge in [0.05, 0.1) is 12.7 Å². The fourth-order valence-corrected chi connectivity index (χ4v) is 2.59. The van der Waals surface area contributed by atoms with Gasteiger partial charge in [-0.25, -0.2) is 4.79 Å². The van der Waals surface area contributed by atoms with Crippen molar-refractivity contribution < 1.29 is 4.79 Å². The number of benzene rings is 1. The summed E-state index contributed by atoms with van der Waals surface area (Å²) in [4.78, 5) is 13.9. The second-order valence-electron chi connectivity index (χ2n) is 5.69. The van der Waals surface area contributed by atoms with Crippen LogP contribution in [0, 0.1) is 0 Å². The number of nitrogens with one attached hydrogen (secondary N) is 1. The fraction of sp³-hybridized carbons (Fsp3) is 0.375. The molecule has 1 aliphatic carbocycles. The highest BCUT2D eigenvalue weighted by molar-refractivity contribution is 5.74. The van der Waals surface area contributed by atoms with Gasteiger partial charge in [-0.1, -0.05) is 30.3 Å². The van der Waals surface area contributed by atoms with Gasteiger partial charge in [0.15, 0.2) is 0 Å². The quantitative estimate of drug-likeness (QED) is 0.935. The molecular weight excluding hydrogens is 264 g/mol. The molecule has 0 bridgehead atoms. The number of urea groups is 1. The smallest absolute Gasteiger partial charge is 0.317 e. The number of carbonyl (C=O) groups excluding carboxylic acids is 1. The van der Waals surface area contributed by atoms with Crippen molar-refractivity contribution in [2.24, 2.45) is 7.05 Å². The van der Waals surface area contributed by atoms with Gasteiger partial charge in [-0.15, -0.1) is 0 Å². The lowest BCUT2D eigenvalue weighted by atomic mass is 10.1.